The normalized spacial score (nSPS) is 18.4. The molecule has 2 aromatic rings. The summed E-state index contributed by atoms with van der Waals surface area (Å²) in [7, 11) is 0. The van der Waals surface area contributed by atoms with Gasteiger partial charge >= 0.3 is 0 Å². The summed E-state index contributed by atoms with van der Waals surface area (Å²) in [5, 5.41) is 10.1. The van der Waals surface area contributed by atoms with Crippen molar-refractivity contribution in [2.24, 2.45) is 5.92 Å². The minimum absolute atomic E-state index is 0.00874. The van der Waals surface area contributed by atoms with Crippen LogP contribution >= 0.6 is 11.8 Å². The molecule has 0 bridgehead atoms. The van der Waals surface area contributed by atoms with Crippen molar-refractivity contribution < 1.29 is 14.4 Å². The summed E-state index contributed by atoms with van der Waals surface area (Å²) in [6.45, 7) is 6.17. The summed E-state index contributed by atoms with van der Waals surface area (Å²) >= 11 is 1.24. The average molecular weight is 519 g/mol. The number of thioether (sulfide) groups is 1. The zero-order valence-electron chi connectivity index (χ0n) is 21.8. The van der Waals surface area contributed by atoms with Crippen molar-refractivity contribution in [2.45, 2.75) is 82.8 Å². The Morgan fingerprint density at radius 1 is 1.14 bits per heavy atom. The number of carbonyl (C=O) groups is 3. The predicted molar refractivity (Wildman–Crippen MR) is 144 cm³/mol. The fourth-order valence-corrected chi connectivity index (χ4v) is 6.06. The molecule has 1 aliphatic carbocycles. The first-order chi connectivity index (χ1) is 17.8. The molecule has 194 valence electrons. The molecular formula is C29H34N4O3S. The quantitative estimate of drug-likeness (QED) is 0.359. The molecule has 2 heterocycles. The molecule has 1 saturated heterocycles. The second-order valence-corrected chi connectivity index (χ2v) is 11.3. The summed E-state index contributed by atoms with van der Waals surface area (Å²) in [6, 6.07) is 12.2. The van der Waals surface area contributed by atoms with Gasteiger partial charge in [-0.05, 0) is 56.4 Å². The van der Waals surface area contributed by atoms with Gasteiger partial charge in [0.2, 0.25) is 11.8 Å². The number of nitrogens with zero attached hydrogens (tertiary/aromatic N) is 4. The minimum atomic E-state index is -0.805. The van der Waals surface area contributed by atoms with Crippen molar-refractivity contribution in [3.8, 4) is 6.07 Å². The van der Waals surface area contributed by atoms with E-state index in [0.717, 1.165) is 49.8 Å². The topological polar surface area (TPSA) is 94.4 Å². The maximum atomic E-state index is 13.7. The Bertz CT molecular complexity index is 1200. The molecule has 7 nitrogen and oxygen atoms in total. The van der Waals surface area contributed by atoms with Crippen molar-refractivity contribution in [1.82, 2.24) is 9.88 Å². The van der Waals surface area contributed by atoms with E-state index in [-0.39, 0.29) is 35.9 Å². The smallest absolute Gasteiger partial charge is 0.257 e. The van der Waals surface area contributed by atoms with Gasteiger partial charge < -0.3 is 4.90 Å². The maximum absolute atomic E-state index is 13.7. The number of anilines is 1. The zero-order chi connectivity index (χ0) is 26.5. The first-order valence-electron chi connectivity index (χ1n) is 13.1. The molecule has 1 aliphatic heterocycles. The number of hydrogen-bond donors (Lipinski definition) is 0. The molecule has 1 atom stereocenters. The Morgan fingerprint density at radius 2 is 1.84 bits per heavy atom. The standard InChI is InChI=1S/C29H34N4O3S/c1-19(2)15-22-12-11-21(17-30)28(31-22)37-18-27(35)32(23-7-5-4-6-8-23)25-16-26(34)33(29(25)36)24-13-9-20(3)10-14-24/h9-14,19,23,25H,4-8,15-16,18H2,1-3H3. The van der Waals surface area contributed by atoms with Gasteiger partial charge in [0, 0.05) is 11.7 Å². The van der Waals surface area contributed by atoms with Crippen LogP contribution in [-0.4, -0.2) is 45.4 Å². The highest BCUT2D eigenvalue weighted by molar-refractivity contribution is 8.00. The highest BCUT2D eigenvalue weighted by Crippen LogP contribution is 2.32. The molecule has 37 heavy (non-hydrogen) atoms. The lowest BCUT2D eigenvalue weighted by molar-refractivity contribution is -0.139. The van der Waals surface area contributed by atoms with Crippen LogP contribution < -0.4 is 4.90 Å². The predicted octanol–water partition coefficient (Wildman–Crippen LogP) is 5.05. The van der Waals surface area contributed by atoms with Gasteiger partial charge in [-0.3, -0.25) is 14.4 Å². The molecule has 8 heteroatoms. The lowest BCUT2D eigenvalue weighted by Gasteiger charge is -2.37. The molecule has 0 spiro atoms. The Kier molecular flexibility index (Phi) is 8.65. The average Bonchev–Trinajstić information content (AvgIpc) is 3.17. The Labute approximate surface area is 223 Å². The van der Waals surface area contributed by atoms with E-state index in [2.05, 4.69) is 24.9 Å². The van der Waals surface area contributed by atoms with Crippen molar-refractivity contribution in [3.63, 3.8) is 0 Å². The molecule has 1 aromatic heterocycles. The molecule has 0 N–H and O–H groups in total. The third-order valence-corrected chi connectivity index (χ3v) is 7.97. The number of nitriles is 1. The number of pyridine rings is 1. The Hall–Kier alpha value is -3.18. The molecule has 4 rings (SSSR count). The van der Waals surface area contributed by atoms with Gasteiger partial charge in [0.1, 0.15) is 17.1 Å². The fraction of sp³-hybridized carbons (Fsp3) is 0.483. The molecule has 1 unspecified atom stereocenters. The van der Waals surface area contributed by atoms with Gasteiger partial charge in [-0.15, -0.1) is 0 Å². The van der Waals surface area contributed by atoms with E-state index in [1.54, 1.807) is 23.1 Å². The van der Waals surface area contributed by atoms with Gasteiger partial charge in [0.15, 0.2) is 0 Å². The van der Waals surface area contributed by atoms with Gasteiger partial charge in [-0.1, -0.05) is 62.6 Å². The fourth-order valence-electron chi connectivity index (χ4n) is 5.20. The lowest BCUT2D eigenvalue weighted by Crippen LogP contribution is -2.52. The van der Waals surface area contributed by atoms with Gasteiger partial charge in [-0.25, -0.2) is 9.88 Å². The molecule has 2 fully saturated rings. The highest BCUT2D eigenvalue weighted by atomic mass is 32.2. The summed E-state index contributed by atoms with van der Waals surface area (Å²) in [4.78, 5) is 47.8. The number of carbonyl (C=O) groups excluding carboxylic acids is 3. The molecule has 1 aromatic carbocycles. The van der Waals surface area contributed by atoms with Gasteiger partial charge in [0.05, 0.1) is 23.4 Å². The van der Waals surface area contributed by atoms with E-state index in [1.807, 2.05) is 25.1 Å². The molecule has 0 radical (unpaired) electrons. The van der Waals surface area contributed by atoms with Crippen molar-refractivity contribution >= 4 is 35.2 Å². The minimum Gasteiger partial charge on any atom is -0.326 e. The number of aromatic nitrogens is 1. The lowest BCUT2D eigenvalue weighted by atomic mass is 9.92. The number of imide groups is 1. The summed E-state index contributed by atoms with van der Waals surface area (Å²) in [6.07, 6.45) is 5.53. The van der Waals surface area contributed by atoms with Crippen molar-refractivity contribution in [1.29, 1.82) is 5.26 Å². The number of hydrogen-bond acceptors (Lipinski definition) is 6. The summed E-state index contributed by atoms with van der Waals surface area (Å²) < 4.78 is 0. The third kappa shape index (κ3) is 6.22. The van der Waals surface area contributed by atoms with E-state index < -0.39 is 6.04 Å². The highest BCUT2D eigenvalue weighted by Gasteiger charge is 2.46. The zero-order valence-corrected chi connectivity index (χ0v) is 22.6. The van der Waals surface area contributed by atoms with Gasteiger partial charge in [0.25, 0.3) is 5.91 Å². The third-order valence-electron chi connectivity index (χ3n) is 6.99. The molecule has 2 aliphatic rings. The van der Waals surface area contributed by atoms with E-state index in [4.69, 9.17) is 0 Å². The maximum Gasteiger partial charge on any atom is 0.257 e. The number of rotatable bonds is 8. The van der Waals surface area contributed by atoms with E-state index >= 15 is 0 Å². The van der Waals surface area contributed by atoms with Crippen molar-refractivity contribution in [3.05, 3.63) is 53.2 Å². The second kappa shape index (κ2) is 11.9. The van der Waals surface area contributed by atoms with Crippen LogP contribution in [0.4, 0.5) is 5.69 Å². The molecular weight excluding hydrogens is 484 g/mol. The molecule has 1 saturated carbocycles. The van der Waals surface area contributed by atoms with E-state index in [1.165, 1.54) is 16.7 Å². The van der Waals surface area contributed by atoms with Crippen LogP contribution in [0.15, 0.2) is 41.4 Å². The number of amides is 3. The SMILES string of the molecule is Cc1ccc(N2C(=O)CC(N(C(=O)CSc3nc(CC(C)C)ccc3C#N)C3CCCCC3)C2=O)cc1. The van der Waals surface area contributed by atoms with E-state index in [9.17, 15) is 19.6 Å². The Balaban J connectivity index is 1.56. The molecule has 3 amide bonds. The largest absolute Gasteiger partial charge is 0.326 e. The van der Waals surface area contributed by atoms with Crippen molar-refractivity contribution in [2.75, 3.05) is 10.7 Å². The first-order valence-corrected chi connectivity index (χ1v) is 14.0. The van der Waals surface area contributed by atoms with Crippen LogP contribution in [0.1, 0.15) is 69.2 Å². The first kappa shape index (κ1) is 26.9. The van der Waals surface area contributed by atoms with Crippen LogP contribution in [0.5, 0.6) is 0 Å². The summed E-state index contributed by atoms with van der Waals surface area (Å²) in [5.74, 6) is -0.327. The second-order valence-electron chi connectivity index (χ2n) is 10.4. The van der Waals surface area contributed by atoms with Crippen LogP contribution in [0, 0.1) is 24.2 Å². The number of benzene rings is 1. The van der Waals surface area contributed by atoms with E-state index in [0.29, 0.717) is 22.2 Å². The Morgan fingerprint density at radius 3 is 2.49 bits per heavy atom. The monoisotopic (exact) mass is 518 g/mol. The van der Waals surface area contributed by atoms with Crippen LogP contribution in [-0.2, 0) is 20.8 Å². The summed E-state index contributed by atoms with van der Waals surface area (Å²) in [5.41, 5.74) is 2.90. The van der Waals surface area contributed by atoms with Crippen LogP contribution in [0.3, 0.4) is 0 Å². The van der Waals surface area contributed by atoms with Crippen LogP contribution in [0.25, 0.3) is 0 Å². The van der Waals surface area contributed by atoms with Crippen LogP contribution in [0.2, 0.25) is 0 Å². The number of aryl methyl sites for hydroxylation is 1. The van der Waals surface area contributed by atoms with Gasteiger partial charge in [-0.2, -0.15) is 5.26 Å².